The van der Waals surface area contributed by atoms with E-state index in [1.807, 2.05) is 0 Å². The van der Waals surface area contributed by atoms with Crippen LogP contribution in [0, 0.1) is 19.7 Å². The number of benzene rings is 1. The van der Waals surface area contributed by atoms with E-state index in [1.54, 1.807) is 32.0 Å². The Morgan fingerprint density at radius 1 is 1.38 bits per heavy atom. The zero-order valence-electron chi connectivity index (χ0n) is 11.7. The van der Waals surface area contributed by atoms with Gasteiger partial charge < -0.3 is 15.5 Å². The molecule has 21 heavy (non-hydrogen) atoms. The highest BCUT2D eigenvalue weighted by atomic mass is 32.1. The van der Waals surface area contributed by atoms with Gasteiger partial charge in [-0.15, -0.1) is 0 Å². The molecule has 0 atom stereocenters. The molecule has 0 aliphatic heterocycles. The molecule has 0 aliphatic carbocycles. The van der Waals surface area contributed by atoms with Gasteiger partial charge in [-0.05, 0) is 26.0 Å². The normalized spacial score (nSPS) is 10.4. The minimum Gasteiger partial charge on any atom is -0.466 e. The van der Waals surface area contributed by atoms with Crippen LogP contribution in [0.15, 0.2) is 28.7 Å². The number of nitrogens with one attached hydrogen (secondary N) is 1. The van der Waals surface area contributed by atoms with Crippen molar-refractivity contribution in [2.24, 2.45) is 5.73 Å². The van der Waals surface area contributed by atoms with Crippen molar-refractivity contribution in [1.82, 2.24) is 5.32 Å². The van der Waals surface area contributed by atoms with Crippen molar-refractivity contribution in [2.45, 2.75) is 20.4 Å². The fourth-order valence-corrected chi connectivity index (χ4v) is 2.10. The molecular weight excluding hydrogens is 291 g/mol. The van der Waals surface area contributed by atoms with E-state index in [-0.39, 0.29) is 17.4 Å². The average molecular weight is 306 g/mol. The van der Waals surface area contributed by atoms with Crippen LogP contribution >= 0.6 is 12.2 Å². The van der Waals surface area contributed by atoms with E-state index in [4.69, 9.17) is 22.4 Å². The number of amides is 1. The molecule has 0 radical (unpaired) electrons. The summed E-state index contributed by atoms with van der Waals surface area (Å²) in [5.74, 6) is 0.432. The van der Waals surface area contributed by atoms with Crippen molar-refractivity contribution in [2.75, 3.05) is 0 Å². The van der Waals surface area contributed by atoms with E-state index in [9.17, 15) is 9.18 Å². The highest BCUT2D eigenvalue weighted by molar-refractivity contribution is 7.80. The molecular formula is C15H15FN2O2S. The molecule has 2 rings (SSSR count). The second-order valence-electron chi connectivity index (χ2n) is 4.68. The summed E-state index contributed by atoms with van der Waals surface area (Å²) in [7, 11) is 0. The summed E-state index contributed by atoms with van der Waals surface area (Å²) < 4.78 is 19.2. The van der Waals surface area contributed by atoms with E-state index in [1.165, 1.54) is 6.07 Å². The van der Waals surface area contributed by atoms with Crippen LogP contribution in [0.5, 0.6) is 0 Å². The first-order valence-corrected chi connectivity index (χ1v) is 6.72. The van der Waals surface area contributed by atoms with Crippen LogP contribution in [0.3, 0.4) is 0 Å². The average Bonchev–Trinajstić information content (AvgIpc) is 2.75. The summed E-state index contributed by atoms with van der Waals surface area (Å²) in [4.78, 5) is 12.1. The second kappa shape index (κ2) is 6.05. The third-order valence-electron chi connectivity index (χ3n) is 3.06. The number of furan rings is 1. The van der Waals surface area contributed by atoms with Gasteiger partial charge in [0.05, 0.1) is 5.56 Å². The lowest BCUT2D eigenvalue weighted by molar-refractivity contribution is 0.0949. The summed E-state index contributed by atoms with van der Waals surface area (Å²) >= 11 is 4.78. The number of nitrogens with two attached hydrogens (primary N) is 1. The van der Waals surface area contributed by atoms with Crippen molar-refractivity contribution >= 4 is 23.1 Å². The van der Waals surface area contributed by atoms with Crippen LogP contribution in [0.4, 0.5) is 4.39 Å². The monoisotopic (exact) mass is 306 g/mol. The fraction of sp³-hybridized carbons (Fsp3) is 0.200. The van der Waals surface area contributed by atoms with Crippen molar-refractivity contribution < 1.29 is 13.6 Å². The Balaban J connectivity index is 2.08. The Labute approximate surface area is 127 Å². The Morgan fingerprint density at radius 2 is 2.10 bits per heavy atom. The second-order valence-corrected chi connectivity index (χ2v) is 5.12. The van der Waals surface area contributed by atoms with Gasteiger partial charge in [0.2, 0.25) is 0 Å². The standard InChI is InChI=1S/C15H15FN2O2S/c1-8-5-12(9(2)20-8)15(19)18-7-11-4-3-10(14(17)21)6-13(11)16/h3-6H,7H2,1-2H3,(H2,17,21)(H,18,19). The van der Waals surface area contributed by atoms with E-state index in [2.05, 4.69) is 5.32 Å². The Kier molecular flexibility index (Phi) is 4.37. The van der Waals surface area contributed by atoms with Gasteiger partial charge in [-0.1, -0.05) is 24.4 Å². The molecule has 3 N–H and O–H groups in total. The van der Waals surface area contributed by atoms with Gasteiger partial charge in [-0.3, -0.25) is 4.79 Å². The molecule has 4 nitrogen and oxygen atoms in total. The van der Waals surface area contributed by atoms with Crippen LogP contribution in [0.25, 0.3) is 0 Å². The minimum absolute atomic E-state index is 0.0753. The van der Waals surface area contributed by atoms with Gasteiger partial charge >= 0.3 is 0 Å². The van der Waals surface area contributed by atoms with Gasteiger partial charge in [-0.25, -0.2) is 4.39 Å². The van der Waals surface area contributed by atoms with Crippen molar-refractivity contribution in [1.29, 1.82) is 0 Å². The quantitative estimate of drug-likeness (QED) is 0.852. The Bertz CT molecular complexity index is 710. The van der Waals surface area contributed by atoms with Crippen LogP contribution < -0.4 is 11.1 Å². The molecule has 110 valence electrons. The maximum Gasteiger partial charge on any atom is 0.255 e. The van der Waals surface area contributed by atoms with Gasteiger partial charge in [-0.2, -0.15) is 0 Å². The molecule has 0 bridgehead atoms. The highest BCUT2D eigenvalue weighted by Crippen LogP contribution is 2.14. The molecule has 1 heterocycles. The smallest absolute Gasteiger partial charge is 0.255 e. The zero-order valence-corrected chi connectivity index (χ0v) is 12.5. The minimum atomic E-state index is -0.458. The van der Waals surface area contributed by atoms with Crippen LogP contribution in [-0.2, 0) is 6.54 Å². The number of carbonyl (C=O) groups excluding carboxylic acids is 1. The first-order chi connectivity index (χ1) is 9.88. The molecule has 0 spiro atoms. The number of aryl methyl sites for hydroxylation is 2. The number of hydrogen-bond acceptors (Lipinski definition) is 3. The van der Waals surface area contributed by atoms with Gasteiger partial charge in [0.15, 0.2) is 0 Å². The third kappa shape index (κ3) is 3.46. The third-order valence-corrected chi connectivity index (χ3v) is 3.30. The van der Waals surface area contributed by atoms with Crippen LogP contribution in [0.1, 0.15) is 33.0 Å². The predicted octanol–water partition coefficient (Wildman–Crippen LogP) is 2.60. The molecule has 1 aromatic heterocycles. The maximum atomic E-state index is 13.9. The molecule has 2 aromatic rings. The largest absolute Gasteiger partial charge is 0.466 e. The summed E-state index contributed by atoms with van der Waals surface area (Å²) in [5.41, 5.74) is 6.71. The highest BCUT2D eigenvalue weighted by Gasteiger charge is 2.14. The number of carbonyl (C=O) groups is 1. The fourth-order valence-electron chi connectivity index (χ4n) is 1.97. The first kappa shape index (κ1) is 15.2. The number of thiocarbonyl (C=S) groups is 1. The van der Waals surface area contributed by atoms with E-state index < -0.39 is 5.82 Å². The summed E-state index contributed by atoms with van der Waals surface area (Å²) in [6.07, 6.45) is 0. The van der Waals surface area contributed by atoms with Crippen molar-refractivity contribution in [3.8, 4) is 0 Å². The SMILES string of the molecule is Cc1cc(C(=O)NCc2ccc(C(N)=S)cc2F)c(C)o1. The summed E-state index contributed by atoms with van der Waals surface area (Å²) in [6, 6.07) is 6.09. The van der Waals surface area contributed by atoms with Gasteiger partial charge in [0, 0.05) is 17.7 Å². The van der Waals surface area contributed by atoms with E-state index in [0.717, 1.165) is 0 Å². The molecule has 1 aromatic carbocycles. The lowest BCUT2D eigenvalue weighted by atomic mass is 10.1. The molecule has 0 saturated carbocycles. The first-order valence-electron chi connectivity index (χ1n) is 6.32. The predicted molar refractivity (Wildman–Crippen MR) is 81.6 cm³/mol. The van der Waals surface area contributed by atoms with Crippen LogP contribution in [0.2, 0.25) is 0 Å². The number of halogens is 1. The zero-order chi connectivity index (χ0) is 15.6. The topological polar surface area (TPSA) is 68.3 Å². The Morgan fingerprint density at radius 3 is 2.62 bits per heavy atom. The summed E-state index contributed by atoms with van der Waals surface area (Å²) in [5, 5.41) is 2.66. The molecule has 6 heteroatoms. The lowest BCUT2D eigenvalue weighted by Crippen LogP contribution is -2.23. The maximum absolute atomic E-state index is 13.9. The molecule has 0 aliphatic rings. The Hall–Kier alpha value is -2.21. The molecule has 0 fully saturated rings. The number of hydrogen-bond donors (Lipinski definition) is 2. The molecule has 1 amide bonds. The van der Waals surface area contributed by atoms with E-state index in [0.29, 0.717) is 28.2 Å². The van der Waals surface area contributed by atoms with Crippen LogP contribution in [-0.4, -0.2) is 10.9 Å². The molecule has 0 saturated heterocycles. The van der Waals surface area contributed by atoms with Gasteiger partial charge in [0.1, 0.15) is 22.3 Å². The molecule has 0 unspecified atom stereocenters. The summed E-state index contributed by atoms with van der Waals surface area (Å²) in [6.45, 7) is 3.54. The number of rotatable bonds is 4. The van der Waals surface area contributed by atoms with Crippen molar-refractivity contribution in [3.05, 3.63) is 58.3 Å². The van der Waals surface area contributed by atoms with Crippen molar-refractivity contribution in [3.63, 3.8) is 0 Å². The lowest BCUT2D eigenvalue weighted by Gasteiger charge is -2.07. The van der Waals surface area contributed by atoms with E-state index >= 15 is 0 Å². The van der Waals surface area contributed by atoms with Gasteiger partial charge in [0.25, 0.3) is 5.91 Å².